The van der Waals surface area contributed by atoms with Crippen LogP contribution in [0.2, 0.25) is 0 Å². The maximum absolute atomic E-state index is 10.9. The number of pyridine rings is 1. The second-order valence-electron chi connectivity index (χ2n) is 4.24. The lowest BCUT2D eigenvalue weighted by Gasteiger charge is -2.07. The van der Waals surface area contributed by atoms with E-state index in [2.05, 4.69) is 4.98 Å². The minimum absolute atomic E-state index is 0.000494. The summed E-state index contributed by atoms with van der Waals surface area (Å²) in [6.07, 6.45) is 0. The average Bonchev–Trinajstić information content (AvgIpc) is 2.36. The van der Waals surface area contributed by atoms with Crippen molar-refractivity contribution >= 4 is 23.4 Å². The Kier molecular flexibility index (Phi) is 3.76. The fourth-order valence-corrected chi connectivity index (χ4v) is 2.47. The van der Waals surface area contributed by atoms with Gasteiger partial charge < -0.3 is 10.8 Å². The first-order valence-electron chi connectivity index (χ1n) is 5.72. The third-order valence-corrected chi connectivity index (χ3v) is 3.81. The molecule has 0 atom stereocenters. The topological polar surface area (TPSA) is 76.2 Å². The Balaban J connectivity index is 2.34. The van der Waals surface area contributed by atoms with Crippen molar-refractivity contribution in [1.82, 2.24) is 4.98 Å². The maximum atomic E-state index is 10.9. The SMILES string of the molecule is Cc1ccc(Sc2nc(C(=O)O)ccc2N)cc1C. The van der Waals surface area contributed by atoms with Crippen LogP contribution in [0.4, 0.5) is 5.69 Å². The number of carboxylic acid groups (broad SMARTS) is 1. The molecule has 98 valence electrons. The first-order chi connectivity index (χ1) is 8.97. The number of nitrogens with zero attached hydrogens (tertiary/aromatic N) is 1. The lowest BCUT2D eigenvalue weighted by molar-refractivity contribution is 0.0690. The second-order valence-corrected chi connectivity index (χ2v) is 5.31. The van der Waals surface area contributed by atoms with Crippen molar-refractivity contribution in [3.05, 3.63) is 47.2 Å². The van der Waals surface area contributed by atoms with Gasteiger partial charge in [-0.25, -0.2) is 9.78 Å². The predicted molar refractivity (Wildman–Crippen MR) is 75.6 cm³/mol. The highest BCUT2D eigenvalue weighted by Crippen LogP contribution is 2.31. The molecule has 19 heavy (non-hydrogen) atoms. The highest BCUT2D eigenvalue weighted by Gasteiger charge is 2.10. The van der Waals surface area contributed by atoms with Crippen LogP contribution < -0.4 is 5.73 Å². The maximum Gasteiger partial charge on any atom is 0.354 e. The Hall–Kier alpha value is -2.01. The number of rotatable bonds is 3. The van der Waals surface area contributed by atoms with Crippen molar-refractivity contribution in [3.63, 3.8) is 0 Å². The summed E-state index contributed by atoms with van der Waals surface area (Å²) in [4.78, 5) is 16.0. The summed E-state index contributed by atoms with van der Waals surface area (Å²) >= 11 is 1.37. The molecule has 1 aromatic heterocycles. The van der Waals surface area contributed by atoms with Gasteiger partial charge in [0.05, 0.1) is 5.69 Å². The Bertz CT molecular complexity index is 641. The molecule has 0 aliphatic rings. The van der Waals surface area contributed by atoms with Gasteiger partial charge in [-0.3, -0.25) is 0 Å². The summed E-state index contributed by atoms with van der Waals surface area (Å²) in [5.41, 5.74) is 8.70. The number of aromatic carboxylic acids is 1. The number of hydrogen-bond acceptors (Lipinski definition) is 4. The molecule has 5 heteroatoms. The summed E-state index contributed by atoms with van der Waals surface area (Å²) in [5.74, 6) is -1.05. The largest absolute Gasteiger partial charge is 0.477 e. The molecule has 0 bridgehead atoms. The number of nitrogens with two attached hydrogens (primary N) is 1. The summed E-state index contributed by atoms with van der Waals surface area (Å²) in [6.45, 7) is 4.07. The van der Waals surface area contributed by atoms with Crippen molar-refractivity contribution in [2.75, 3.05) is 5.73 Å². The number of anilines is 1. The molecule has 3 N–H and O–H groups in total. The molecule has 0 saturated carbocycles. The summed E-state index contributed by atoms with van der Waals surface area (Å²) in [6, 6.07) is 9.01. The number of nitrogen functional groups attached to an aromatic ring is 1. The van der Waals surface area contributed by atoms with Crippen LogP contribution in [0.15, 0.2) is 40.3 Å². The zero-order chi connectivity index (χ0) is 14.0. The van der Waals surface area contributed by atoms with Gasteiger partial charge in [-0.2, -0.15) is 0 Å². The van der Waals surface area contributed by atoms with Crippen LogP contribution in [0.3, 0.4) is 0 Å². The van der Waals surface area contributed by atoms with Gasteiger partial charge in [-0.15, -0.1) is 0 Å². The van der Waals surface area contributed by atoms with Gasteiger partial charge in [-0.05, 0) is 49.2 Å². The van der Waals surface area contributed by atoms with Crippen LogP contribution in [0.5, 0.6) is 0 Å². The highest BCUT2D eigenvalue weighted by atomic mass is 32.2. The van der Waals surface area contributed by atoms with Crippen molar-refractivity contribution in [2.45, 2.75) is 23.8 Å². The molecule has 1 heterocycles. The molecule has 0 fully saturated rings. The molecule has 0 radical (unpaired) electrons. The molecule has 2 aromatic rings. The first-order valence-corrected chi connectivity index (χ1v) is 6.54. The molecule has 0 aliphatic carbocycles. The van der Waals surface area contributed by atoms with Crippen molar-refractivity contribution in [3.8, 4) is 0 Å². The van der Waals surface area contributed by atoms with Crippen LogP contribution in [0, 0.1) is 13.8 Å². The summed E-state index contributed by atoms with van der Waals surface area (Å²) < 4.78 is 0. The van der Waals surface area contributed by atoms with Crippen LogP contribution in [-0.4, -0.2) is 16.1 Å². The van der Waals surface area contributed by atoms with E-state index in [-0.39, 0.29) is 5.69 Å². The van der Waals surface area contributed by atoms with Crippen LogP contribution in [0.1, 0.15) is 21.6 Å². The van der Waals surface area contributed by atoms with E-state index in [9.17, 15) is 4.79 Å². The number of carboxylic acids is 1. The Morgan fingerprint density at radius 3 is 2.58 bits per heavy atom. The van der Waals surface area contributed by atoms with Gasteiger partial charge in [0, 0.05) is 4.90 Å². The van der Waals surface area contributed by atoms with E-state index in [0.29, 0.717) is 10.7 Å². The molecular formula is C14H14N2O2S. The van der Waals surface area contributed by atoms with E-state index in [4.69, 9.17) is 10.8 Å². The minimum atomic E-state index is -1.05. The fourth-order valence-electron chi connectivity index (χ4n) is 1.54. The molecular weight excluding hydrogens is 260 g/mol. The van der Waals surface area contributed by atoms with E-state index in [1.807, 2.05) is 32.0 Å². The summed E-state index contributed by atoms with van der Waals surface area (Å²) in [5, 5.41) is 9.45. The average molecular weight is 274 g/mol. The van der Waals surface area contributed by atoms with E-state index >= 15 is 0 Å². The first kappa shape index (κ1) is 13.4. The number of hydrogen-bond donors (Lipinski definition) is 2. The van der Waals surface area contributed by atoms with E-state index < -0.39 is 5.97 Å². The van der Waals surface area contributed by atoms with E-state index in [1.165, 1.54) is 29.0 Å². The fraction of sp³-hybridized carbons (Fsp3) is 0.143. The minimum Gasteiger partial charge on any atom is -0.477 e. The molecule has 0 spiro atoms. The molecule has 4 nitrogen and oxygen atoms in total. The van der Waals surface area contributed by atoms with Gasteiger partial charge in [0.25, 0.3) is 0 Å². The standard InChI is InChI=1S/C14H14N2O2S/c1-8-3-4-10(7-9(8)2)19-13-11(15)5-6-12(16-13)14(17)18/h3-7H,15H2,1-2H3,(H,17,18). The van der Waals surface area contributed by atoms with Gasteiger partial charge in [-0.1, -0.05) is 17.8 Å². The van der Waals surface area contributed by atoms with E-state index in [0.717, 1.165) is 4.90 Å². The highest BCUT2D eigenvalue weighted by molar-refractivity contribution is 7.99. The normalized spacial score (nSPS) is 10.4. The van der Waals surface area contributed by atoms with E-state index in [1.54, 1.807) is 6.07 Å². The molecule has 0 unspecified atom stereocenters. The second kappa shape index (κ2) is 5.32. The molecule has 0 aliphatic heterocycles. The zero-order valence-corrected chi connectivity index (χ0v) is 11.5. The van der Waals surface area contributed by atoms with Crippen molar-refractivity contribution in [1.29, 1.82) is 0 Å². The molecule has 0 amide bonds. The van der Waals surface area contributed by atoms with Gasteiger partial charge in [0.2, 0.25) is 0 Å². The molecule has 0 saturated heterocycles. The van der Waals surface area contributed by atoms with Crippen LogP contribution >= 0.6 is 11.8 Å². The van der Waals surface area contributed by atoms with Crippen LogP contribution in [-0.2, 0) is 0 Å². The molecule has 1 aromatic carbocycles. The number of aromatic nitrogens is 1. The quantitative estimate of drug-likeness (QED) is 0.899. The van der Waals surface area contributed by atoms with Gasteiger partial charge in [0.15, 0.2) is 0 Å². The smallest absolute Gasteiger partial charge is 0.354 e. The van der Waals surface area contributed by atoms with Gasteiger partial charge >= 0.3 is 5.97 Å². The summed E-state index contributed by atoms with van der Waals surface area (Å²) in [7, 11) is 0. The van der Waals surface area contributed by atoms with Crippen molar-refractivity contribution in [2.24, 2.45) is 0 Å². The Morgan fingerprint density at radius 2 is 1.95 bits per heavy atom. The van der Waals surface area contributed by atoms with Gasteiger partial charge in [0.1, 0.15) is 10.7 Å². The lowest BCUT2D eigenvalue weighted by atomic mass is 10.1. The third-order valence-electron chi connectivity index (χ3n) is 2.80. The Morgan fingerprint density at radius 1 is 1.21 bits per heavy atom. The predicted octanol–water partition coefficient (Wildman–Crippen LogP) is 3.13. The monoisotopic (exact) mass is 274 g/mol. The molecule has 2 rings (SSSR count). The van der Waals surface area contributed by atoms with Crippen molar-refractivity contribution < 1.29 is 9.90 Å². The van der Waals surface area contributed by atoms with Crippen LogP contribution in [0.25, 0.3) is 0 Å². The zero-order valence-electron chi connectivity index (χ0n) is 10.7. The third kappa shape index (κ3) is 3.06. The number of benzene rings is 1. The number of carbonyl (C=O) groups is 1. The number of aryl methyl sites for hydroxylation is 2. The lowest BCUT2D eigenvalue weighted by Crippen LogP contribution is -2.02. The Labute approximate surface area is 115 Å².